The summed E-state index contributed by atoms with van der Waals surface area (Å²) in [5.74, 6) is -1.31. The van der Waals surface area contributed by atoms with Gasteiger partial charge in [0.25, 0.3) is 5.91 Å². The number of carbonyl (C=O) groups is 3. The minimum atomic E-state index is -0.687. The van der Waals surface area contributed by atoms with Crippen LogP contribution >= 0.6 is 0 Å². The van der Waals surface area contributed by atoms with Gasteiger partial charge in [0.05, 0.1) is 6.04 Å². The van der Waals surface area contributed by atoms with E-state index in [1.807, 2.05) is 38.1 Å². The molecule has 0 saturated carbocycles. The van der Waals surface area contributed by atoms with Gasteiger partial charge in [-0.2, -0.15) is 5.10 Å². The molecule has 0 spiro atoms. The third-order valence-corrected chi connectivity index (χ3v) is 3.70. The lowest BCUT2D eigenvalue weighted by Gasteiger charge is -2.18. The molecule has 128 valence electrons. The first-order valence-corrected chi connectivity index (χ1v) is 7.88. The summed E-state index contributed by atoms with van der Waals surface area (Å²) in [5.41, 5.74) is 4.48. The standard InChI is InChI=1S/C17H21N3O4/c1-3-13(12-6-4-11(2)5-7-12)18-16(22)10-24-17(23)14-8-9-15(21)20-19-14/h4-7,13H,3,8-10H2,1-2H3,(H,18,22)(H,20,21)/t13-/m0/s1. The Morgan fingerprint density at radius 3 is 2.58 bits per heavy atom. The fourth-order valence-electron chi connectivity index (χ4n) is 2.29. The summed E-state index contributed by atoms with van der Waals surface area (Å²) < 4.78 is 4.95. The normalized spacial score (nSPS) is 15.1. The summed E-state index contributed by atoms with van der Waals surface area (Å²) in [6.45, 7) is 3.59. The summed E-state index contributed by atoms with van der Waals surface area (Å²) in [6.07, 6.45) is 1.13. The number of nitrogens with zero attached hydrogens (tertiary/aromatic N) is 1. The van der Waals surface area contributed by atoms with Crippen molar-refractivity contribution >= 4 is 23.5 Å². The number of benzene rings is 1. The van der Waals surface area contributed by atoms with Gasteiger partial charge in [-0.05, 0) is 18.9 Å². The molecule has 0 saturated heterocycles. The van der Waals surface area contributed by atoms with Crippen molar-refractivity contribution in [3.05, 3.63) is 35.4 Å². The van der Waals surface area contributed by atoms with Gasteiger partial charge in [-0.15, -0.1) is 0 Å². The number of carbonyl (C=O) groups excluding carboxylic acids is 3. The number of nitrogens with one attached hydrogen (secondary N) is 2. The molecule has 0 aromatic heterocycles. The first-order chi connectivity index (χ1) is 11.5. The highest BCUT2D eigenvalue weighted by Gasteiger charge is 2.21. The second-order valence-electron chi connectivity index (χ2n) is 5.61. The monoisotopic (exact) mass is 331 g/mol. The Bertz CT molecular complexity index is 652. The Hall–Kier alpha value is -2.70. The molecule has 2 N–H and O–H groups in total. The van der Waals surface area contributed by atoms with Crippen LogP contribution in [0, 0.1) is 6.92 Å². The van der Waals surface area contributed by atoms with Crippen LogP contribution in [0.1, 0.15) is 43.4 Å². The second kappa shape index (κ2) is 8.24. The van der Waals surface area contributed by atoms with Gasteiger partial charge >= 0.3 is 5.97 Å². The molecule has 1 atom stereocenters. The van der Waals surface area contributed by atoms with E-state index in [1.165, 1.54) is 0 Å². The van der Waals surface area contributed by atoms with E-state index in [-0.39, 0.29) is 43.0 Å². The molecule has 0 radical (unpaired) electrons. The Balaban J connectivity index is 1.84. The Morgan fingerprint density at radius 1 is 1.29 bits per heavy atom. The largest absolute Gasteiger partial charge is 0.451 e. The van der Waals surface area contributed by atoms with Crippen molar-refractivity contribution in [3.63, 3.8) is 0 Å². The zero-order valence-electron chi connectivity index (χ0n) is 13.8. The smallest absolute Gasteiger partial charge is 0.355 e. The predicted molar refractivity (Wildman–Crippen MR) is 88.1 cm³/mol. The summed E-state index contributed by atoms with van der Waals surface area (Å²) in [6, 6.07) is 7.77. The van der Waals surface area contributed by atoms with Crippen molar-refractivity contribution in [1.29, 1.82) is 0 Å². The average molecular weight is 331 g/mol. The number of esters is 1. The van der Waals surface area contributed by atoms with E-state index >= 15 is 0 Å². The fourth-order valence-corrected chi connectivity index (χ4v) is 2.29. The first kappa shape index (κ1) is 17.7. The molecular weight excluding hydrogens is 310 g/mol. The van der Waals surface area contributed by atoms with Crippen LogP contribution in [0.5, 0.6) is 0 Å². The van der Waals surface area contributed by atoms with Gasteiger partial charge in [0, 0.05) is 12.8 Å². The number of hydrogen-bond donors (Lipinski definition) is 2. The molecular formula is C17H21N3O4. The lowest BCUT2D eigenvalue weighted by Crippen LogP contribution is -2.35. The fraction of sp³-hybridized carbons (Fsp3) is 0.412. The minimum absolute atomic E-state index is 0.118. The van der Waals surface area contributed by atoms with E-state index in [0.717, 1.165) is 17.5 Å². The van der Waals surface area contributed by atoms with Gasteiger partial charge in [-0.1, -0.05) is 36.8 Å². The van der Waals surface area contributed by atoms with Crippen molar-refractivity contribution in [3.8, 4) is 0 Å². The van der Waals surface area contributed by atoms with Gasteiger partial charge in [-0.25, -0.2) is 10.2 Å². The number of hydrazone groups is 1. The number of amides is 2. The maximum atomic E-state index is 12.0. The number of ether oxygens (including phenoxy) is 1. The van der Waals surface area contributed by atoms with Crippen LogP contribution < -0.4 is 10.7 Å². The van der Waals surface area contributed by atoms with E-state index in [9.17, 15) is 14.4 Å². The van der Waals surface area contributed by atoms with Crippen LogP contribution in [0.4, 0.5) is 0 Å². The van der Waals surface area contributed by atoms with Crippen LogP contribution in [-0.2, 0) is 19.1 Å². The van der Waals surface area contributed by atoms with Crippen LogP contribution in [0.15, 0.2) is 29.4 Å². The molecule has 0 fully saturated rings. The van der Waals surface area contributed by atoms with Crippen molar-refractivity contribution in [2.45, 2.75) is 39.2 Å². The highest BCUT2D eigenvalue weighted by Crippen LogP contribution is 2.17. The van der Waals surface area contributed by atoms with Crippen molar-refractivity contribution in [2.24, 2.45) is 5.10 Å². The van der Waals surface area contributed by atoms with E-state index < -0.39 is 5.97 Å². The summed E-state index contributed by atoms with van der Waals surface area (Å²) >= 11 is 0. The molecule has 1 aromatic carbocycles. The van der Waals surface area contributed by atoms with Gasteiger partial charge in [0.1, 0.15) is 5.71 Å². The molecule has 7 nitrogen and oxygen atoms in total. The molecule has 1 aliphatic rings. The topological polar surface area (TPSA) is 96.9 Å². The Kier molecular flexibility index (Phi) is 6.06. The molecule has 1 aromatic rings. The van der Waals surface area contributed by atoms with Gasteiger partial charge in [0.2, 0.25) is 5.91 Å². The second-order valence-corrected chi connectivity index (χ2v) is 5.61. The number of hydrogen-bond acceptors (Lipinski definition) is 5. The summed E-state index contributed by atoms with van der Waals surface area (Å²) in [4.78, 5) is 34.8. The minimum Gasteiger partial charge on any atom is -0.451 e. The van der Waals surface area contributed by atoms with Crippen LogP contribution in [0.2, 0.25) is 0 Å². The van der Waals surface area contributed by atoms with Gasteiger partial charge in [0.15, 0.2) is 6.61 Å². The lowest BCUT2D eigenvalue weighted by molar-refractivity contribution is -0.142. The molecule has 2 rings (SSSR count). The van der Waals surface area contributed by atoms with Crippen molar-refractivity contribution < 1.29 is 19.1 Å². The van der Waals surface area contributed by atoms with Crippen molar-refractivity contribution in [1.82, 2.24) is 10.7 Å². The van der Waals surface area contributed by atoms with E-state index in [4.69, 9.17) is 4.74 Å². The predicted octanol–water partition coefficient (Wildman–Crippen LogP) is 1.37. The number of rotatable bonds is 6. The quantitative estimate of drug-likeness (QED) is 0.769. The van der Waals surface area contributed by atoms with E-state index in [0.29, 0.717) is 0 Å². The van der Waals surface area contributed by atoms with Gasteiger partial charge in [-0.3, -0.25) is 9.59 Å². The van der Waals surface area contributed by atoms with Crippen LogP contribution in [0.3, 0.4) is 0 Å². The average Bonchev–Trinajstić information content (AvgIpc) is 2.59. The summed E-state index contributed by atoms with van der Waals surface area (Å²) in [7, 11) is 0. The van der Waals surface area contributed by atoms with Gasteiger partial charge < -0.3 is 10.1 Å². The maximum absolute atomic E-state index is 12.0. The molecule has 24 heavy (non-hydrogen) atoms. The highest BCUT2D eigenvalue weighted by molar-refractivity contribution is 6.37. The molecule has 7 heteroatoms. The third kappa shape index (κ3) is 4.91. The maximum Gasteiger partial charge on any atom is 0.355 e. The zero-order valence-corrected chi connectivity index (χ0v) is 13.8. The zero-order chi connectivity index (χ0) is 17.5. The molecule has 1 aliphatic heterocycles. The van der Waals surface area contributed by atoms with E-state index in [2.05, 4.69) is 15.8 Å². The highest BCUT2D eigenvalue weighted by atomic mass is 16.5. The SMILES string of the molecule is CC[C@H](NC(=O)COC(=O)C1=NNC(=O)CC1)c1ccc(C)cc1. The number of aryl methyl sites for hydroxylation is 1. The van der Waals surface area contributed by atoms with Crippen molar-refractivity contribution in [2.75, 3.05) is 6.61 Å². The Labute approximate surface area is 140 Å². The summed E-state index contributed by atoms with van der Waals surface area (Å²) in [5, 5.41) is 6.47. The lowest BCUT2D eigenvalue weighted by atomic mass is 10.0. The molecule has 1 heterocycles. The molecule has 0 bridgehead atoms. The third-order valence-electron chi connectivity index (χ3n) is 3.70. The first-order valence-electron chi connectivity index (χ1n) is 7.88. The van der Waals surface area contributed by atoms with Crippen LogP contribution in [0.25, 0.3) is 0 Å². The Morgan fingerprint density at radius 2 is 2.00 bits per heavy atom. The van der Waals surface area contributed by atoms with E-state index in [1.54, 1.807) is 0 Å². The molecule has 2 amide bonds. The molecule has 0 aliphatic carbocycles. The van der Waals surface area contributed by atoms with Crippen LogP contribution in [-0.4, -0.2) is 30.1 Å². The molecule has 0 unspecified atom stereocenters.